The summed E-state index contributed by atoms with van der Waals surface area (Å²) < 4.78 is 12.4. The number of alkyl halides is 2. The van der Waals surface area contributed by atoms with Gasteiger partial charge in [-0.1, -0.05) is 11.6 Å². The molecule has 2 unspecified atom stereocenters. The quantitative estimate of drug-likeness (QED) is 0.385. The van der Waals surface area contributed by atoms with Crippen molar-refractivity contribution in [3.8, 4) is 0 Å². The summed E-state index contributed by atoms with van der Waals surface area (Å²) in [7, 11) is 0. The van der Waals surface area contributed by atoms with Crippen LogP contribution in [0, 0.1) is 0 Å². The van der Waals surface area contributed by atoms with Crippen LogP contribution in [0.1, 0.15) is 0 Å². The number of halogens is 2. The Kier molecular flexibility index (Phi) is 1.76. The molecule has 56 valence electrons. The van der Waals surface area contributed by atoms with E-state index in [9.17, 15) is 14.0 Å². The lowest BCUT2D eigenvalue weighted by atomic mass is 10.3. The number of rotatable bonds is 0. The molecule has 0 bridgehead atoms. The standard InChI is InChI=1S/C4H4ClFN2O2/c5-2-1(6)3(9)8-4(10)7-2/h1-2H,(H2,7,8,9,10). The molecule has 10 heavy (non-hydrogen) atoms. The predicted molar refractivity (Wildman–Crippen MR) is 31.2 cm³/mol. The first-order valence-electron chi connectivity index (χ1n) is 2.51. The van der Waals surface area contributed by atoms with Crippen LogP contribution in [-0.4, -0.2) is 23.6 Å². The van der Waals surface area contributed by atoms with Gasteiger partial charge < -0.3 is 5.32 Å². The van der Waals surface area contributed by atoms with E-state index >= 15 is 0 Å². The van der Waals surface area contributed by atoms with Crippen molar-refractivity contribution >= 4 is 23.5 Å². The molecule has 1 aliphatic rings. The Balaban J connectivity index is 2.66. The molecule has 3 amide bonds. The summed E-state index contributed by atoms with van der Waals surface area (Å²) in [6.07, 6.45) is -1.86. The number of imide groups is 1. The third kappa shape index (κ3) is 1.18. The first-order valence-corrected chi connectivity index (χ1v) is 2.94. The second-order valence-corrected chi connectivity index (χ2v) is 2.24. The molecule has 0 radical (unpaired) electrons. The number of amides is 3. The molecule has 0 aliphatic carbocycles. The molecule has 0 saturated carbocycles. The molecule has 4 nitrogen and oxygen atoms in total. The van der Waals surface area contributed by atoms with Crippen LogP contribution < -0.4 is 10.6 Å². The maximum Gasteiger partial charge on any atom is 0.322 e. The zero-order chi connectivity index (χ0) is 7.72. The Labute approximate surface area is 60.7 Å². The lowest BCUT2D eigenvalue weighted by molar-refractivity contribution is -0.125. The first kappa shape index (κ1) is 7.27. The number of hydrogen-bond acceptors (Lipinski definition) is 2. The SMILES string of the molecule is O=C1NC(=O)C(F)C(Cl)N1. The van der Waals surface area contributed by atoms with Crippen LogP contribution in [0.3, 0.4) is 0 Å². The van der Waals surface area contributed by atoms with Crippen LogP contribution in [0.25, 0.3) is 0 Å². The van der Waals surface area contributed by atoms with Crippen LogP contribution in [0.5, 0.6) is 0 Å². The minimum absolute atomic E-state index is 0.765. The van der Waals surface area contributed by atoms with E-state index in [1.54, 1.807) is 5.32 Å². The van der Waals surface area contributed by atoms with Gasteiger partial charge >= 0.3 is 6.03 Å². The minimum Gasteiger partial charge on any atom is -0.318 e. The number of carbonyl (C=O) groups excluding carboxylic acids is 2. The number of nitrogens with one attached hydrogen (secondary N) is 2. The summed E-state index contributed by atoms with van der Waals surface area (Å²) in [5.74, 6) is -0.997. The molecule has 1 fully saturated rings. The van der Waals surface area contributed by atoms with Gasteiger partial charge in [-0.15, -0.1) is 0 Å². The summed E-state index contributed by atoms with van der Waals surface area (Å²) in [6, 6.07) is -0.765. The highest BCUT2D eigenvalue weighted by atomic mass is 35.5. The van der Waals surface area contributed by atoms with Gasteiger partial charge in [0.2, 0.25) is 6.17 Å². The van der Waals surface area contributed by atoms with Crippen LogP contribution in [0.15, 0.2) is 0 Å². The number of hydrogen-bond donors (Lipinski definition) is 2. The molecule has 0 aromatic carbocycles. The lowest BCUT2D eigenvalue weighted by Gasteiger charge is -2.20. The summed E-state index contributed by atoms with van der Waals surface area (Å²) in [6.45, 7) is 0. The maximum absolute atomic E-state index is 12.4. The molecule has 1 heterocycles. The first-order chi connectivity index (χ1) is 4.61. The fourth-order valence-electron chi connectivity index (χ4n) is 0.548. The molecular formula is C4H4ClFN2O2. The molecule has 1 rings (SSSR count). The molecule has 2 atom stereocenters. The van der Waals surface area contributed by atoms with Crippen molar-refractivity contribution in [2.24, 2.45) is 0 Å². The van der Waals surface area contributed by atoms with E-state index in [4.69, 9.17) is 11.6 Å². The molecule has 0 aromatic heterocycles. The highest BCUT2D eigenvalue weighted by molar-refractivity contribution is 6.24. The van der Waals surface area contributed by atoms with E-state index in [1.807, 2.05) is 5.32 Å². The predicted octanol–water partition coefficient (Wildman–Crippen LogP) is -0.271. The topological polar surface area (TPSA) is 58.2 Å². The molecular weight excluding hydrogens is 163 g/mol. The Hall–Kier alpha value is -0.840. The highest BCUT2D eigenvalue weighted by Crippen LogP contribution is 2.07. The second-order valence-electron chi connectivity index (χ2n) is 1.77. The molecule has 1 saturated heterocycles. The third-order valence-electron chi connectivity index (χ3n) is 1.01. The van der Waals surface area contributed by atoms with E-state index in [-0.39, 0.29) is 0 Å². The highest BCUT2D eigenvalue weighted by Gasteiger charge is 2.33. The molecule has 2 N–H and O–H groups in total. The summed E-state index contributed by atoms with van der Waals surface area (Å²) in [4.78, 5) is 20.7. The molecule has 0 spiro atoms. The Morgan fingerprint density at radius 2 is 2.10 bits per heavy atom. The van der Waals surface area contributed by atoms with Gasteiger partial charge in [0.25, 0.3) is 5.91 Å². The van der Waals surface area contributed by atoms with E-state index in [1.165, 1.54) is 0 Å². The smallest absolute Gasteiger partial charge is 0.318 e. The van der Waals surface area contributed by atoms with Gasteiger partial charge in [0.15, 0.2) is 0 Å². The molecule has 6 heteroatoms. The fourth-order valence-corrected chi connectivity index (χ4v) is 0.762. The zero-order valence-corrected chi connectivity index (χ0v) is 5.48. The van der Waals surface area contributed by atoms with Gasteiger partial charge in [0.05, 0.1) is 0 Å². The van der Waals surface area contributed by atoms with Crippen LogP contribution >= 0.6 is 11.6 Å². The number of urea groups is 1. The van der Waals surface area contributed by atoms with Gasteiger partial charge in [-0.25, -0.2) is 9.18 Å². The lowest BCUT2D eigenvalue weighted by Crippen LogP contribution is -2.57. The molecule has 1 aliphatic heterocycles. The van der Waals surface area contributed by atoms with Crippen LogP contribution in [0.4, 0.5) is 9.18 Å². The maximum atomic E-state index is 12.4. The van der Waals surface area contributed by atoms with Crippen molar-refractivity contribution in [2.45, 2.75) is 11.7 Å². The third-order valence-corrected chi connectivity index (χ3v) is 1.34. The largest absolute Gasteiger partial charge is 0.322 e. The average Bonchev–Trinajstić information content (AvgIpc) is 1.82. The zero-order valence-electron chi connectivity index (χ0n) is 4.73. The van der Waals surface area contributed by atoms with Crippen LogP contribution in [-0.2, 0) is 4.79 Å². The fraction of sp³-hybridized carbons (Fsp3) is 0.500. The average molecular weight is 167 g/mol. The summed E-state index contributed by atoms with van der Waals surface area (Å²) >= 11 is 5.19. The van der Waals surface area contributed by atoms with Gasteiger partial charge in [-0.2, -0.15) is 0 Å². The van der Waals surface area contributed by atoms with E-state index in [0.717, 1.165) is 0 Å². The Morgan fingerprint density at radius 3 is 2.60 bits per heavy atom. The van der Waals surface area contributed by atoms with E-state index in [2.05, 4.69) is 0 Å². The van der Waals surface area contributed by atoms with Crippen molar-refractivity contribution in [3.63, 3.8) is 0 Å². The summed E-state index contributed by atoms with van der Waals surface area (Å²) in [5.41, 5.74) is -1.25. The van der Waals surface area contributed by atoms with Gasteiger partial charge in [0, 0.05) is 0 Å². The molecule has 0 aromatic rings. The van der Waals surface area contributed by atoms with Gasteiger partial charge in [-0.05, 0) is 0 Å². The minimum atomic E-state index is -1.86. The monoisotopic (exact) mass is 166 g/mol. The van der Waals surface area contributed by atoms with Crippen molar-refractivity contribution in [2.75, 3.05) is 0 Å². The van der Waals surface area contributed by atoms with Crippen molar-refractivity contribution < 1.29 is 14.0 Å². The Morgan fingerprint density at radius 1 is 1.50 bits per heavy atom. The van der Waals surface area contributed by atoms with Gasteiger partial charge in [0.1, 0.15) is 5.50 Å². The van der Waals surface area contributed by atoms with E-state index in [0.29, 0.717) is 0 Å². The van der Waals surface area contributed by atoms with Crippen molar-refractivity contribution in [1.29, 1.82) is 0 Å². The van der Waals surface area contributed by atoms with E-state index < -0.39 is 23.6 Å². The van der Waals surface area contributed by atoms with Gasteiger partial charge in [-0.3, -0.25) is 10.1 Å². The normalized spacial score (nSPS) is 33.0. The van der Waals surface area contributed by atoms with Crippen molar-refractivity contribution in [1.82, 2.24) is 10.6 Å². The number of carbonyl (C=O) groups is 2. The Bertz CT molecular complexity index is 186. The van der Waals surface area contributed by atoms with Crippen molar-refractivity contribution in [3.05, 3.63) is 0 Å². The van der Waals surface area contributed by atoms with Crippen LogP contribution in [0.2, 0.25) is 0 Å². The summed E-state index contributed by atoms with van der Waals surface area (Å²) in [5, 5.41) is 3.69. The second kappa shape index (κ2) is 2.42.